The highest BCUT2D eigenvalue weighted by molar-refractivity contribution is 8.04. The summed E-state index contributed by atoms with van der Waals surface area (Å²) in [5.74, 6) is -0.373. The third kappa shape index (κ3) is 4.47. The van der Waals surface area contributed by atoms with Crippen molar-refractivity contribution in [3.05, 3.63) is 40.3 Å². The van der Waals surface area contributed by atoms with E-state index in [1.165, 1.54) is 43.9 Å². The molecule has 1 aliphatic rings. The second kappa shape index (κ2) is 8.92. The predicted molar refractivity (Wildman–Crippen MR) is 95.8 cm³/mol. The van der Waals surface area contributed by atoms with E-state index in [1.807, 2.05) is 0 Å². The number of rotatable bonds is 9. The molecule has 23 heavy (non-hydrogen) atoms. The van der Waals surface area contributed by atoms with Gasteiger partial charge in [-0.25, -0.2) is 0 Å². The third-order valence-electron chi connectivity index (χ3n) is 4.05. The molecule has 124 valence electrons. The number of fused-ring (bicyclic) bond motifs is 1. The van der Waals surface area contributed by atoms with Crippen molar-refractivity contribution in [1.82, 2.24) is 0 Å². The molecule has 1 aromatic carbocycles. The van der Waals surface area contributed by atoms with Gasteiger partial charge in [0.25, 0.3) is 0 Å². The maximum atomic E-state index is 12.1. The van der Waals surface area contributed by atoms with E-state index in [4.69, 9.17) is 0 Å². The summed E-state index contributed by atoms with van der Waals surface area (Å²) in [7, 11) is 0. The molecule has 0 fully saturated rings. The zero-order valence-electron chi connectivity index (χ0n) is 13.6. The molecule has 0 aromatic heterocycles. The quantitative estimate of drug-likeness (QED) is 0.501. The second-order valence-electron chi connectivity index (χ2n) is 5.85. The van der Waals surface area contributed by atoms with Crippen molar-refractivity contribution in [3.8, 4) is 0 Å². The predicted octanol–water partition coefficient (Wildman–Crippen LogP) is 5.16. The fourth-order valence-electron chi connectivity index (χ4n) is 2.71. The minimum Gasteiger partial charge on any atom is -0.506 e. The number of allylic oxidation sites excluding steroid dienone is 1. The van der Waals surface area contributed by atoms with Crippen molar-refractivity contribution in [3.63, 3.8) is 0 Å². The summed E-state index contributed by atoms with van der Waals surface area (Å²) in [6.45, 7) is 2.21. The summed E-state index contributed by atoms with van der Waals surface area (Å²) >= 11 is 1.31. The fraction of sp³-hybridized carbons (Fsp3) is 0.474. The third-order valence-corrected chi connectivity index (χ3v) is 5.21. The van der Waals surface area contributed by atoms with Crippen LogP contribution in [-0.4, -0.2) is 22.4 Å². The lowest BCUT2D eigenvalue weighted by Gasteiger charge is -2.17. The van der Waals surface area contributed by atoms with Gasteiger partial charge in [-0.2, -0.15) is 0 Å². The van der Waals surface area contributed by atoms with Crippen molar-refractivity contribution in [2.75, 3.05) is 5.75 Å². The Kier molecular flexibility index (Phi) is 6.90. The summed E-state index contributed by atoms with van der Waals surface area (Å²) in [4.78, 5) is 24.5. The summed E-state index contributed by atoms with van der Waals surface area (Å²) in [6, 6.07) is 6.73. The average molecular weight is 332 g/mol. The molecule has 4 heteroatoms. The maximum absolute atomic E-state index is 12.1. The number of ketones is 2. The minimum absolute atomic E-state index is 0.0434. The molecule has 0 atom stereocenters. The fourth-order valence-corrected chi connectivity index (χ4v) is 3.73. The van der Waals surface area contributed by atoms with Crippen LogP contribution in [0.5, 0.6) is 0 Å². The van der Waals surface area contributed by atoms with Gasteiger partial charge in [0.2, 0.25) is 11.6 Å². The van der Waals surface area contributed by atoms with Gasteiger partial charge >= 0.3 is 0 Å². The lowest BCUT2D eigenvalue weighted by Crippen LogP contribution is -2.22. The van der Waals surface area contributed by atoms with E-state index < -0.39 is 11.6 Å². The molecule has 0 heterocycles. The van der Waals surface area contributed by atoms with E-state index in [-0.39, 0.29) is 10.7 Å². The topological polar surface area (TPSA) is 54.4 Å². The number of aliphatic hydroxyl groups excluding tert-OH is 1. The highest BCUT2D eigenvalue weighted by atomic mass is 32.2. The number of aliphatic hydroxyl groups is 1. The van der Waals surface area contributed by atoms with E-state index in [9.17, 15) is 14.7 Å². The van der Waals surface area contributed by atoms with Crippen molar-refractivity contribution in [1.29, 1.82) is 0 Å². The lowest BCUT2D eigenvalue weighted by molar-refractivity contribution is -0.111. The standard InChI is InChI=1S/C19H24O3S/c1-2-3-4-5-6-7-10-13-23-19-17(21)15-12-9-8-11-14(15)16(20)18(19)22/h8-9,11-12,21H,2-7,10,13H2,1H3. The molecule has 2 rings (SSSR count). The second-order valence-corrected chi connectivity index (χ2v) is 6.96. The Morgan fingerprint density at radius 1 is 0.870 bits per heavy atom. The van der Waals surface area contributed by atoms with Crippen LogP contribution in [0.2, 0.25) is 0 Å². The van der Waals surface area contributed by atoms with Crippen LogP contribution in [0, 0.1) is 0 Å². The molecule has 0 saturated heterocycles. The minimum atomic E-state index is -0.575. The Labute approximate surface area is 142 Å². The molecule has 1 aromatic rings. The van der Waals surface area contributed by atoms with E-state index in [0.29, 0.717) is 11.1 Å². The summed E-state index contributed by atoms with van der Waals surface area (Å²) < 4.78 is 0. The van der Waals surface area contributed by atoms with Gasteiger partial charge in [0.05, 0.1) is 0 Å². The highest BCUT2D eigenvalue weighted by Crippen LogP contribution is 2.34. The van der Waals surface area contributed by atoms with E-state index in [2.05, 4.69) is 6.92 Å². The van der Waals surface area contributed by atoms with Crippen LogP contribution in [0.25, 0.3) is 5.76 Å². The Hall–Kier alpha value is -1.55. The monoisotopic (exact) mass is 332 g/mol. The van der Waals surface area contributed by atoms with Crippen LogP contribution in [0.4, 0.5) is 0 Å². The van der Waals surface area contributed by atoms with E-state index >= 15 is 0 Å². The lowest BCUT2D eigenvalue weighted by atomic mass is 9.94. The zero-order valence-corrected chi connectivity index (χ0v) is 14.5. The van der Waals surface area contributed by atoms with Gasteiger partial charge in [0, 0.05) is 11.1 Å². The SMILES string of the molecule is CCCCCCCCCSC1=C(O)c2ccccc2C(=O)C1=O. The Morgan fingerprint density at radius 2 is 1.48 bits per heavy atom. The number of carbonyl (C=O) groups excluding carboxylic acids is 2. The van der Waals surface area contributed by atoms with Crippen molar-refractivity contribution < 1.29 is 14.7 Å². The molecule has 0 aliphatic heterocycles. The van der Waals surface area contributed by atoms with Crippen molar-refractivity contribution in [2.24, 2.45) is 0 Å². The number of hydrogen-bond acceptors (Lipinski definition) is 4. The van der Waals surface area contributed by atoms with Gasteiger partial charge in [-0.15, -0.1) is 11.8 Å². The molecular weight excluding hydrogens is 308 g/mol. The first kappa shape index (κ1) is 17.8. The van der Waals surface area contributed by atoms with Crippen molar-refractivity contribution in [2.45, 2.75) is 51.9 Å². The maximum Gasteiger partial charge on any atom is 0.243 e. The number of carbonyl (C=O) groups is 2. The molecule has 0 bridgehead atoms. The largest absolute Gasteiger partial charge is 0.506 e. The number of unbranched alkanes of at least 4 members (excludes halogenated alkanes) is 6. The molecule has 1 aliphatic carbocycles. The van der Waals surface area contributed by atoms with Gasteiger partial charge in [0.15, 0.2) is 0 Å². The number of benzene rings is 1. The summed E-state index contributed by atoms with van der Waals surface area (Å²) in [6.07, 6.45) is 8.44. The van der Waals surface area contributed by atoms with E-state index in [1.54, 1.807) is 24.3 Å². The molecule has 0 unspecified atom stereocenters. The van der Waals surface area contributed by atoms with E-state index in [0.717, 1.165) is 18.6 Å². The van der Waals surface area contributed by atoms with Crippen LogP contribution < -0.4 is 0 Å². The van der Waals surface area contributed by atoms with Crippen LogP contribution in [0.15, 0.2) is 29.2 Å². The summed E-state index contributed by atoms with van der Waals surface area (Å²) in [5.41, 5.74) is 0.773. The van der Waals surface area contributed by atoms with Crippen LogP contribution in [-0.2, 0) is 4.79 Å². The zero-order chi connectivity index (χ0) is 16.7. The van der Waals surface area contributed by atoms with Crippen LogP contribution >= 0.6 is 11.8 Å². The van der Waals surface area contributed by atoms with Gasteiger partial charge in [-0.3, -0.25) is 9.59 Å². The molecule has 0 radical (unpaired) electrons. The van der Waals surface area contributed by atoms with Crippen LogP contribution in [0.1, 0.15) is 67.8 Å². The molecule has 3 nitrogen and oxygen atoms in total. The first-order valence-corrected chi connectivity index (χ1v) is 9.39. The number of thioether (sulfide) groups is 1. The van der Waals surface area contributed by atoms with Gasteiger partial charge < -0.3 is 5.11 Å². The Balaban J connectivity index is 1.87. The first-order chi connectivity index (χ1) is 11.2. The molecule has 0 spiro atoms. The van der Waals surface area contributed by atoms with Gasteiger partial charge in [-0.05, 0) is 12.2 Å². The summed E-state index contributed by atoms with van der Waals surface area (Å²) in [5, 5.41) is 10.3. The number of Topliss-reactive ketones (excluding diaryl/α,β-unsaturated/α-hetero) is 2. The first-order valence-electron chi connectivity index (χ1n) is 8.41. The Bertz CT molecular complexity index is 604. The number of hydrogen-bond donors (Lipinski definition) is 1. The van der Waals surface area contributed by atoms with Gasteiger partial charge in [-0.1, -0.05) is 69.7 Å². The van der Waals surface area contributed by atoms with Crippen LogP contribution in [0.3, 0.4) is 0 Å². The Morgan fingerprint density at radius 3 is 2.17 bits per heavy atom. The van der Waals surface area contributed by atoms with Gasteiger partial charge in [0.1, 0.15) is 10.7 Å². The normalized spacial score (nSPS) is 14.3. The average Bonchev–Trinajstić information content (AvgIpc) is 2.58. The molecule has 0 amide bonds. The molecule has 1 N–H and O–H groups in total. The smallest absolute Gasteiger partial charge is 0.243 e. The highest BCUT2D eigenvalue weighted by Gasteiger charge is 2.32. The van der Waals surface area contributed by atoms with Crippen molar-refractivity contribution >= 4 is 29.1 Å². The molecule has 0 saturated carbocycles. The molecular formula is C19H24O3S.